The van der Waals surface area contributed by atoms with Crippen molar-refractivity contribution in [3.05, 3.63) is 76.5 Å². The fourth-order valence-corrected chi connectivity index (χ4v) is 4.30. The maximum atomic E-state index is 12.9. The van der Waals surface area contributed by atoms with E-state index in [4.69, 9.17) is 16.3 Å². The number of carbonyl (C=O) groups is 2. The van der Waals surface area contributed by atoms with Crippen LogP contribution < -0.4 is 5.32 Å². The molecule has 30 heavy (non-hydrogen) atoms. The van der Waals surface area contributed by atoms with Gasteiger partial charge in [0.15, 0.2) is 5.76 Å². The summed E-state index contributed by atoms with van der Waals surface area (Å²) in [6.45, 7) is 0.584. The van der Waals surface area contributed by atoms with Crippen LogP contribution in [0.2, 0.25) is 5.02 Å². The molecule has 2 aromatic rings. The molecule has 0 radical (unpaired) electrons. The molecule has 1 saturated carbocycles. The number of halogens is 1. The summed E-state index contributed by atoms with van der Waals surface area (Å²) in [6, 6.07) is 17.1. The first-order valence-electron chi connectivity index (χ1n) is 10.2. The topological polar surface area (TPSA) is 58.6 Å². The molecular formula is C24H25ClN2O3. The number of nitrogens with one attached hydrogen (secondary N) is 1. The highest BCUT2D eigenvalue weighted by atomic mass is 35.5. The zero-order valence-electron chi connectivity index (χ0n) is 16.9. The molecule has 4 rings (SSSR count). The predicted octanol–water partition coefficient (Wildman–Crippen LogP) is 4.02. The largest absolute Gasteiger partial charge is 0.483 e. The number of hydrogen-bond donors (Lipinski definition) is 1. The van der Waals surface area contributed by atoms with Gasteiger partial charge in [-0.25, -0.2) is 0 Å². The molecule has 0 spiro atoms. The fraction of sp³-hybridized carbons (Fsp3) is 0.333. The molecule has 3 unspecified atom stereocenters. The minimum atomic E-state index is -0.239. The zero-order valence-corrected chi connectivity index (χ0v) is 17.6. The highest BCUT2D eigenvalue weighted by Gasteiger charge is 2.41. The van der Waals surface area contributed by atoms with Crippen LogP contribution in [0.3, 0.4) is 0 Å². The van der Waals surface area contributed by atoms with Crippen LogP contribution in [-0.2, 0) is 20.9 Å². The Morgan fingerprint density at radius 1 is 1.17 bits per heavy atom. The average Bonchev–Trinajstić information content (AvgIpc) is 2.75. The van der Waals surface area contributed by atoms with E-state index >= 15 is 0 Å². The van der Waals surface area contributed by atoms with Gasteiger partial charge in [-0.2, -0.15) is 0 Å². The van der Waals surface area contributed by atoms with E-state index in [0.29, 0.717) is 23.7 Å². The Bertz CT molecular complexity index is 943. The van der Waals surface area contributed by atoms with Gasteiger partial charge in [0.2, 0.25) is 5.91 Å². The molecule has 1 saturated heterocycles. The molecule has 5 nitrogen and oxygen atoms in total. The highest BCUT2D eigenvalue weighted by Crippen LogP contribution is 2.32. The average molecular weight is 425 g/mol. The number of hydrogen-bond acceptors (Lipinski definition) is 3. The van der Waals surface area contributed by atoms with Crippen molar-refractivity contribution in [3.63, 3.8) is 0 Å². The smallest absolute Gasteiger partial charge is 0.286 e. The van der Waals surface area contributed by atoms with Gasteiger partial charge < -0.3 is 15.0 Å². The lowest BCUT2D eigenvalue weighted by atomic mass is 9.82. The third kappa shape index (κ3) is 4.68. The van der Waals surface area contributed by atoms with E-state index in [1.807, 2.05) is 49.5 Å². The molecule has 1 aliphatic heterocycles. The van der Waals surface area contributed by atoms with E-state index in [0.717, 1.165) is 24.0 Å². The van der Waals surface area contributed by atoms with Gasteiger partial charge in [-0.15, -0.1) is 0 Å². The maximum absolute atomic E-state index is 12.9. The summed E-state index contributed by atoms with van der Waals surface area (Å²) in [5.41, 5.74) is 1.96. The Labute approximate surface area is 181 Å². The van der Waals surface area contributed by atoms with Crippen molar-refractivity contribution in [2.45, 2.75) is 38.0 Å². The first kappa shape index (κ1) is 20.5. The van der Waals surface area contributed by atoms with E-state index in [1.54, 1.807) is 23.1 Å². The first-order valence-corrected chi connectivity index (χ1v) is 10.6. The number of ether oxygens (including phenoxy) is 1. The van der Waals surface area contributed by atoms with Crippen LogP contribution in [0.4, 0.5) is 0 Å². The Morgan fingerprint density at radius 3 is 2.63 bits per heavy atom. The van der Waals surface area contributed by atoms with Crippen LogP contribution in [0.5, 0.6) is 0 Å². The number of carbonyl (C=O) groups excluding carboxylic acids is 2. The van der Waals surface area contributed by atoms with Crippen LogP contribution in [0.25, 0.3) is 6.08 Å². The highest BCUT2D eigenvalue weighted by molar-refractivity contribution is 6.30. The van der Waals surface area contributed by atoms with Gasteiger partial charge in [-0.1, -0.05) is 54.1 Å². The summed E-state index contributed by atoms with van der Waals surface area (Å²) < 4.78 is 6.01. The number of fused-ring (bicyclic) bond motifs is 1. The zero-order chi connectivity index (χ0) is 21.1. The summed E-state index contributed by atoms with van der Waals surface area (Å²) in [5, 5.41) is 3.69. The molecule has 1 N–H and O–H groups in total. The number of morpholine rings is 1. The molecule has 2 fully saturated rings. The van der Waals surface area contributed by atoms with E-state index < -0.39 is 0 Å². The summed E-state index contributed by atoms with van der Waals surface area (Å²) in [5.74, 6) is 0.0844. The van der Waals surface area contributed by atoms with Crippen LogP contribution in [0.1, 0.15) is 30.4 Å². The summed E-state index contributed by atoms with van der Waals surface area (Å²) in [4.78, 5) is 27.3. The van der Waals surface area contributed by atoms with E-state index in [9.17, 15) is 9.59 Å². The fourth-order valence-electron chi connectivity index (χ4n) is 4.17. The maximum Gasteiger partial charge on any atom is 0.286 e. The van der Waals surface area contributed by atoms with Crippen molar-refractivity contribution in [2.75, 3.05) is 7.05 Å². The van der Waals surface area contributed by atoms with Crippen LogP contribution in [-0.4, -0.2) is 35.9 Å². The Balaban J connectivity index is 1.38. The van der Waals surface area contributed by atoms with Crippen LogP contribution in [0, 0.1) is 5.92 Å². The van der Waals surface area contributed by atoms with Crippen molar-refractivity contribution in [1.82, 2.24) is 10.2 Å². The van der Waals surface area contributed by atoms with Gasteiger partial charge in [0.05, 0.1) is 6.04 Å². The van der Waals surface area contributed by atoms with Gasteiger partial charge in [0.1, 0.15) is 6.10 Å². The summed E-state index contributed by atoms with van der Waals surface area (Å²) >= 11 is 5.92. The van der Waals surface area contributed by atoms with Crippen molar-refractivity contribution >= 4 is 29.5 Å². The van der Waals surface area contributed by atoms with E-state index in [-0.39, 0.29) is 29.9 Å². The predicted molar refractivity (Wildman–Crippen MR) is 116 cm³/mol. The number of nitrogens with zero attached hydrogens (tertiary/aromatic N) is 1. The van der Waals surface area contributed by atoms with Gasteiger partial charge in [-0.05, 0) is 48.6 Å². The van der Waals surface area contributed by atoms with E-state index in [2.05, 4.69) is 5.32 Å². The van der Waals surface area contributed by atoms with Crippen molar-refractivity contribution in [1.29, 1.82) is 0 Å². The second-order valence-electron chi connectivity index (χ2n) is 7.99. The quantitative estimate of drug-likeness (QED) is 0.754. The third-order valence-corrected chi connectivity index (χ3v) is 6.01. The van der Waals surface area contributed by atoms with Gasteiger partial charge >= 0.3 is 0 Å². The summed E-state index contributed by atoms with van der Waals surface area (Å²) in [7, 11) is 1.84. The molecule has 0 bridgehead atoms. The van der Waals surface area contributed by atoms with Crippen LogP contribution >= 0.6 is 11.6 Å². The molecule has 1 heterocycles. The SMILES string of the molecule is CN(Cc1ccccc1)C(=O)C1CCC2O/C(=C\c3ccc(Cl)cc3)C(=O)NC2C1. The Hall–Kier alpha value is -2.79. The van der Waals surface area contributed by atoms with Gasteiger partial charge in [0, 0.05) is 24.5 Å². The second kappa shape index (κ2) is 8.92. The van der Waals surface area contributed by atoms with E-state index in [1.165, 1.54) is 0 Å². The Kier molecular flexibility index (Phi) is 6.09. The molecule has 156 valence electrons. The van der Waals surface area contributed by atoms with Crippen molar-refractivity contribution in [3.8, 4) is 0 Å². The number of amides is 2. The lowest BCUT2D eigenvalue weighted by Gasteiger charge is -2.40. The van der Waals surface area contributed by atoms with Crippen molar-refractivity contribution in [2.24, 2.45) is 5.92 Å². The minimum Gasteiger partial charge on any atom is -0.483 e. The molecule has 3 atom stereocenters. The molecule has 2 aliphatic rings. The Morgan fingerprint density at radius 2 is 1.90 bits per heavy atom. The molecular weight excluding hydrogens is 400 g/mol. The lowest BCUT2D eigenvalue weighted by molar-refractivity contribution is -0.140. The lowest BCUT2D eigenvalue weighted by Crippen LogP contribution is -2.54. The summed E-state index contributed by atoms with van der Waals surface area (Å²) in [6.07, 6.45) is 3.71. The normalized spacial score (nSPS) is 24.5. The van der Waals surface area contributed by atoms with Gasteiger partial charge in [-0.3, -0.25) is 9.59 Å². The van der Waals surface area contributed by atoms with Crippen LogP contribution in [0.15, 0.2) is 60.4 Å². The van der Waals surface area contributed by atoms with Gasteiger partial charge in [0.25, 0.3) is 5.91 Å². The standard InChI is InChI=1S/C24H25ClN2O3/c1-27(15-17-5-3-2-4-6-17)24(29)18-9-12-21-20(14-18)26-23(28)22(30-21)13-16-7-10-19(25)11-8-16/h2-8,10-11,13,18,20-21H,9,12,14-15H2,1H3,(H,26,28)/b22-13-. The molecule has 2 aromatic carbocycles. The molecule has 1 aliphatic carbocycles. The number of benzene rings is 2. The second-order valence-corrected chi connectivity index (χ2v) is 8.42. The first-order chi connectivity index (χ1) is 14.5. The third-order valence-electron chi connectivity index (χ3n) is 5.76. The molecule has 6 heteroatoms. The monoisotopic (exact) mass is 424 g/mol. The molecule has 2 amide bonds. The minimum absolute atomic E-state index is 0.106. The van der Waals surface area contributed by atoms with Crippen molar-refractivity contribution < 1.29 is 14.3 Å². The molecule has 0 aromatic heterocycles. The number of rotatable bonds is 4.